The second kappa shape index (κ2) is 7.19. The molecular weight excluding hydrogens is 307 g/mol. The van der Waals surface area contributed by atoms with Crippen molar-refractivity contribution in [3.63, 3.8) is 0 Å². The van der Waals surface area contributed by atoms with Crippen LogP contribution in [0.3, 0.4) is 0 Å². The number of anilines is 1. The fourth-order valence-corrected chi connectivity index (χ4v) is 4.02. The van der Waals surface area contributed by atoms with Gasteiger partial charge in [-0.25, -0.2) is 4.39 Å². The van der Waals surface area contributed by atoms with E-state index in [2.05, 4.69) is 19.2 Å². The Hall–Kier alpha value is -1.46. The van der Waals surface area contributed by atoms with Crippen LogP contribution in [0.4, 0.5) is 10.1 Å². The minimum Gasteiger partial charge on any atom is -0.375 e. The third-order valence-corrected chi connectivity index (χ3v) is 5.02. The Kier molecular flexibility index (Phi) is 5.21. The van der Waals surface area contributed by atoms with Gasteiger partial charge in [-0.15, -0.1) is 0 Å². The SMILES string of the molecule is Cc1cc(F)ccc1N1CCCC(NC2CC(C)OC(C)C2)C1=O. The third-order valence-electron chi connectivity index (χ3n) is 5.02. The molecular formula is C19H27FN2O2. The molecule has 2 aliphatic rings. The molecule has 2 fully saturated rings. The molecule has 132 valence electrons. The van der Waals surface area contributed by atoms with Gasteiger partial charge < -0.3 is 15.0 Å². The maximum Gasteiger partial charge on any atom is 0.244 e. The average molecular weight is 334 g/mol. The summed E-state index contributed by atoms with van der Waals surface area (Å²) in [5.74, 6) is -0.164. The fourth-order valence-electron chi connectivity index (χ4n) is 4.02. The van der Waals surface area contributed by atoms with Crippen molar-refractivity contribution in [3.8, 4) is 0 Å². The predicted octanol–water partition coefficient (Wildman–Crippen LogP) is 3.18. The van der Waals surface area contributed by atoms with Crippen LogP contribution in [-0.2, 0) is 9.53 Å². The van der Waals surface area contributed by atoms with Crippen molar-refractivity contribution in [2.24, 2.45) is 0 Å². The first kappa shape index (κ1) is 17.4. The van der Waals surface area contributed by atoms with Crippen molar-refractivity contribution in [1.29, 1.82) is 0 Å². The van der Waals surface area contributed by atoms with Crippen LogP contribution in [0, 0.1) is 12.7 Å². The largest absolute Gasteiger partial charge is 0.375 e. The number of amides is 1. The number of nitrogens with one attached hydrogen (secondary N) is 1. The lowest BCUT2D eigenvalue weighted by Crippen LogP contribution is -2.55. The van der Waals surface area contributed by atoms with Crippen molar-refractivity contribution in [2.45, 2.75) is 70.7 Å². The Morgan fingerprint density at radius 2 is 1.96 bits per heavy atom. The van der Waals surface area contributed by atoms with Crippen LogP contribution in [0.2, 0.25) is 0 Å². The summed E-state index contributed by atoms with van der Waals surface area (Å²) in [6.07, 6.45) is 4.12. The molecule has 0 bridgehead atoms. The zero-order valence-corrected chi connectivity index (χ0v) is 14.7. The first-order valence-electron chi connectivity index (χ1n) is 8.93. The fraction of sp³-hybridized carbons (Fsp3) is 0.632. The van der Waals surface area contributed by atoms with Gasteiger partial charge in [0.2, 0.25) is 5.91 Å². The van der Waals surface area contributed by atoms with Gasteiger partial charge in [0.1, 0.15) is 5.82 Å². The van der Waals surface area contributed by atoms with E-state index in [1.165, 1.54) is 12.1 Å². The van der Waals surface area contributed by atoms with Gasteiger partial charge in [-0.1, -0.05) is 0 Å². The van der Waals surface area contributed by atoms with E-state index in [-0.39, 0.29) is 30.0 Å². The minimum absolute atomic E-state index is 0.0998. The zero-order chi connectivity index (χ0) is 17.3. The van der Waals surface area contributed by atoms with Crippen molar-refractivity contribution >= 4 is 11.6 Å². The molecule has 24 heavy (non-hydrogen) atoms. The molecule has 4 nitrogen and oxygen atoms in total. The Balaban J connectivity index is 1.70. The summed E-state index contributed by atoms with van der Waals surface area (Å²) < 4.78 is 19.1. The zero-order valence-electron chi connectivity index (χ0n) is 14.7. The second-order valence-corrected chi connectivity index (χ2v) is 7.21. The molecule has 1 aromatic rings. The van der Waals surface area contributed by atoms with Gasteiger partial charge in [0, 0.05) is 18.3 Å². The monoisotopic (exact) mass is 334 g/mol. The number of carbonyl (C=O) groups is 1. The Labute approximate surface area is 143 Å². The molecule has 1 amide bonds. The summed E-state index contributed by atoms with van der Waals surface area (Å²) in [5.41, 5.74) is 1.62. The highest BCUT2D eigenvalue weighted by atomic mass is 19.1. The quantitative estimate of drug-likeness (QED) is 0.923. The van der Waals surface area contributed by atoms with Gasteiger partial charge in [-0.2, -0.15) is 0 Å². The molecule has 2 heterocycles. The predicted molar refractivity (Wildman–Crippen MR) is 92.7 cm³/mol. The van der Waals surface area contributed by atoms with Crippen LogP contribution >= 0.6 is 0 Å². The van der Waals surface area contributed by atoms with Crippen molar-refractivity contribution in [1.82, 2.24) is 5.32 Å². The van der Waals surface area contributed by atoms with Crippen molar-refractivity contribution < 1.29 is 13.9 Å². The van der Waals surface area contributed by atoms with E-state index in [0.717, 1.165) is 36.9 Å². The molecule has 1 N–H and O–H groups in total. The lowest BCUT2D eigenvalue weighted by Gasteiger charge is -2.38. The van der Waals surface area contributed by atoms with E-state index in [1.807, 2.05) is 11.8 Å². The van der Waals surface area contributed by atoms with Gasteiger partial charge in [-0.3, -0.25) is 4.79 Å². The molecule has 3 rings (SSSR count). The molecule has 3 unspecified atom stereocenters. The highest BCUT2D eigenvalue weighted by Gasteiger charge is 2.34. The highest BCUT2D eigenvalue weighted by Crippen LogP contribution is 2.27. The minimum atomic E-state index is -0.263. The number of hydrogen-bond acceptors (Lipinski definition) is 3. The summed E-state index contributed by atoms with van der Waals surface area (Å²) in [6, 6.07) is 4.78. The first-order valence-corrected chi connectivity index (χ1v) is 8.93. The molecule has 0 radical (unpaired) electrons. The second-order valence-electron chi connectivity index (χ2n) is 7.21. The van der Waals surface area contributed by atoms with Crippen LogP contribution < -0.4 is 10.2 Å². The van der Waals surface area contributed by atoms with Gasteiger partial charge in [0.25, 0.3) is 0 Å². The lowest BCUT2D eigenvalue weighted by molar-refractivity contribution is -0.122. The third kappa shape index (κ3) is 3.78. The van der Waals surface area contributed by atoms with E-state index in [0.29, 0.717) is 12.6 Å². The summed E-state index contributed by atoms with van der Waals surface area (Å²) in [6.45, 7) is 6.72. The smallest absolute Gasteiger partial charge is 0.244 e. The highest BCUT2D eigenvalue weighted by molar-refractivity contribution is 5.98. The standard InChI is InChI=1S/C19H27FN2O2/c1-12-9-15(20)6-7-18(12)22-8-4-5-17(19(22)23)21-16-10-13(2)24-14(3)11-16/h6-7,9,13-14,16-17,21H,4-5,8,10-11H2,1-3H3. The lowest BCUT2D eigenvalue weighted by atomic mass is 9.96. The molecule has 0 saturated carbocycles. The molecule has 3 atom stereocenters. The average Bonchev–Trinajstić information content (AvgIpc) is 2.49. The summed E-state index contributed by atoms with van der Waals surface area (Å²) in [5, 5.41) is 3.55. The number of nitrogens with zero attached hydrogens (tertiary/aromatic N) is 1. The summed E-state index contributed by atoms with van der Waals surface area (Å²) in [4.78, 5) is 14.7. The van der Waals surface area contributed by atoms with Gasteiger partial charge >= 0.3 is 0 Å². The van der Waals surface area contributed by atoms with E-state index in [9.17, 15) is 9.18 Å². The number of aryl methyl sites for hydroxylation is 1. The number of hydrogen-bond donors (Lipinski definition) is 1. The topological polar surface area (TPSA) is 41.6 Å². The molecule has 0 aromatic heterocycles. The Morgan fingerprint density at radius 1 is 1.25 bits per heavy atom. The molecule has 1 aromatic carbocycles. The van der Waals surface area contributed by atoms with E-state index in [4.69, 9.17) is 4.74 Å². The Bertz CT molecular complexity index is 597. The van der Waals surface area contributed by atoms with Crippen LogP contribution in [0.15, 0.2) is 18.2 Å². The number of piperidine rings is 1. The van der Waals surface area contributed by atoms with E-state index in [1.54, 1.807) is 6.07 Å². The number of halogens is 1. The van der Waals surface area contributed by atoms with Crippen LogP contribution in [-0.4, -0.2) is 36.7 Å². The molecule has 2 aliphatic heterocycles. The van der Waals surface area contributed by atoms with Crippen LogP contribution in [0.5, 0.6) is 0 Å². The maximum atomic E-state index is 13.3. The summed E-state index contributed by atoms with van der Waals surface area (Å²) in [7, 11) is 0. The number of benzene rings is 1. The van der Waals surface area contributed by atoms with Gasteiger partial charge in [0.05, 0.1) is 18.2 Å². The van der Waals surface area contributed by atoms with Crippen LogP contribution in [0.1, 0.15) is 45.1 Å². The van der Waals surface area contributed by atoms with E-state index < -0.39 is 0 Å². The number of ether oxygens (including phenoxy) is 1. The number of rotatable bonds is 3. The summed E-state index contributed by atoms with van der Waals surface area (Å²) >= 11 is 0. The van der Waals surface area contributed by atoms with E-state index >= 15 is 0 Å². The molecule has 5 heteroatoms. The van der Waals surface area contributed by atoms with Crippen LogP contribution in [0.25, 0.3) is 0 Å². The maximum absolute atomic E-state index is 13.3. The van der Waals surface area contributed by atoms with Gasteiger partial charge in [0.15, 0.2) is 0 Å². The number of carbonyl (C=O) groups excluding carboxylic acids is 1. The van der Waals surface area contributed by atoms with Crippen molar-refractivity contribution in [3.05, 3.63) is 29.6 Å². The molecule has 0 aliphatic carbocycles. The van der Waals surface area contributed by atoms with Crippen molar-refractivity contribution in [2.75, 3.05) is 11.4 Å². The first-order chi connectivity index (χ1) is 11.4. The molecule has 0 spiro atoms. The Morgan fingerprint density at radius 3 is 2.62 bits per heavy atom. The molecule has 2 saturated heterocycles. The normalized spacial score (nSPS) is 31.3. The van der Waals surface area contributed by atoms with Gasteiger partial charge in [-0.05, 0) is 70.2 Å².